The normalized spacial score (nSPS) is 24.8. The fourth-order valence-electron chi connectivity index (χ4n) is 4.61. The van der Waals surface area contributed by atoms with Crippen molar-refractivity contribution in [2.75, 3.05) is 37.7 Å². The zero-order valence-electron chi connectivity index (χ0n) is 17.0. The Kier molecular flexibility index (Phi) is 5.17. The molecule has 2 aromatic rings. The first-order valence-electron chi connectivity index (χ1n) is 10.8. The fourth-order valence-corrected chi connectivity index (χ4v) is 4.61. The first kappa shape index (κ1) is 19.1. The van der Waals surface area contributed by atoms with Crippen LogP contribution in [0.15, 0.2) is 60.7 Å². The lowest BCUT2D eigenvalue weighted by atomic mass is 9.96. The Labute approximate surface area is 177 Å². The van der Waals surface area contributed by atoms with E-state index in [1.807, 2.05) is 58.3 Å². The van der Waals surface area contributed by atoms with E-state index in [0.29, 0.717) is 13.1 Å². The Morgan fingerprint density at radius 2 is 1.50 bits per heavy atom. The highest BCUT2D eigenvalue weighted by atomic mass is 16.5. The van der Waals surface area contributed by atoms with E-state index in [0.717, 1.165) is 31.5 Å². The van der Waals surface area contributed by atoms with Crippen LogP contribution in [0.25, 0.3) is 0 Å². The highest BCUT2D eigenvalue weighted by Gasteiger charge is 2.48. The molecule has 0 N–H and O–H groups in total. The lowest BCUT2D eigenvalue weighted by Gasteiger charge is -2.44. The van der Waals surface area contributed by atoms with E-state index < -0.39 is 6.10 Å². The molecule has 2 aliphatic heterocycles. The van der Waals surface area contributed by atoms with Crippen LogP contribution in [0.5, 0.6) is 0 Å². The fraction of sp³-hybridized carbons (Fsp3) is 0.417. The van der Waals surface area contributed by atoms with Crippen molar-refractivity contribution < 1.29 is 14.3 Å². The summed E-state index contributed by atoms with van der Waals surface area (Å²) in [5, 5.41) is 0. The molecule has 0 aromatic heterocycles. The first-order valence-corrected chi connectivity index (χ1v) is 10.8. The van der Waals surface area contributed by atoms with Crippen molar-refractivity contribution in [3.05, 3.63) is 66.2 Å². The number of hydrogen-bond donors (Lipinski definition) is 0. The number of benzene rings is 2. The van der Waals surface area contributed by atoms with Crippen molar-refractivity contribution in [2.24, 2.45) is 0 Å². The highest BCUT2D eigenvalue weighted by Crippen LogP contribution is 2.40. The maximum absolute atomic E-state index is 13.5. The molecule has 2 amide bonds. The minimum atomic E-state index is -0.644. The Morgan fingerprint density at radius 1 is 0.867 bits per heavy atom. The molecule has 156 valence electrons. The van der Waals surface area contributed by atoms with Gasteiger partial charge < -0.3 is 19.4 Å². The van der Waals surface area contributed by atoms with Crippen LogP contribution in [0, 0.1) is 0 Å². The van der Waals surface area contributed by atoms with Gasteiger partial charge in [0.15, 0.2) is 6.10 Å². The average Bonchev–Trinajstić information content (AvgIpc) is 3.65. The number of ether oxygens (including phenoxy) is 1. The molecule has 0 unspecified atom stereocenters. The van der Waals surface area contributed by atoms with E-state index in [2.05, 4.69) is 17.0 Å². The SMILES string of the molecule is O=C([C@@H]1OCC(=O)N(C2CC2)[C@H]1c1ccccc1)N1CCN(c2ccccc2)CC1. The van der Waals surface area contributed by atoms with Crippen molar-refractivity contribution in [3.63, 3.8) is 0 Å². The molecule has 2 atom stereocenters. The highest BCUT2D eigenvalue weighted by molar-refractivity contribution is 5.87. The van der Waals surface area contributed by atoms with E-state index in [-0.39, 0.29) is 30.5 Å². The Bertz CT molecular complexity index is 892. The van der Waals surface area contributed by atoms with Crippen LogP contribution < -0.4 is 4.90 Å². The van der Waals surface area contributed by atoms with Gasteiger partial charge in [0.25, 0.3) is 5.91 Å². The predicted molar refractivity (Wildman–Crippen MR) is 114 cm³/mol. The predicted octanol–water partition coefficient (Wildman–Crippen LogP) is 2.47. The Morgan fingerprint density at radius 3 is 2.13 bits per heavy atom. The van der Waals surface area contributed by atoms with Gasteiger partial charge in [-0.05, 0) is 30.5 Å². The van der Waals surface area contributed by atoms with Gasteiger partial charge in [0, 0.05) is 37.9 Å². The minimum Gasteiger partial charge on any atom is -0.368 e. The van der Waals surface area contributed by atoms with Crippen LogP contribution in [-0.2, 0) is 14.3 Å². The molecule has 5 rings (SSSR count). The molecule has 0 radical (unpaired) electrons. The largest absolute Gasteiger partial charge is 0.368 e. The zero-order chi connectivity index (χ0) is 20.5. The standard InChI is InChI=1S/C24H27N3O3/c28-21-17-30-23(22(27(21)20-11-12-20)18-7-3-1-4-8-18)24(29)26-15-13-25(14-16-26)19-9-5-2-6-10-19/h1-10,20,22-23H,11-17H2/t22-,23+/m0/s1. The van der Waals surface area contributed by atoms with Gasteiger partial charge in [-0.25, -0.2) is 0 Å². The van der Waals surface area contributed by atoms with E-state index in [1.54, 1.807) is 0 Å². The maximum Gasteiger partial charge on any atom is 0.254 e. The second-order valence-corrected chi connectivity index (χ2v) is 8.27. The number of rotatable bonds is 4. The number of morpholine rings is 1. The van der Waals surface area contributed by atoms with Crippen LogP contribution in [0.3, 0.4) is 0 Å². The molecular formula is C24H27N3O3. The van der Waals surface area contributed by atoms with E-state index in [4.69, 9.17) is 4.74 Å². The molecule has 6 heteroatoms. The zero-order valence-corrected chi connectivity index (χ0v) is 17.0. The van der Waals surface area contributed by atoms with E-state index >= 15 is 0 Å². The van der Waals surface area contributed by atoms with Crippen molar-refractivity contribution in [2.45, 2.75) is 31.0 Å². The number of anilines is 1. The lowest BCUT2D eigenvalue weighted by Crippen LogP contribution is -2.58. The van der Waals surface area contributed by atoms with Gasteiger partial charge >= 0.3 is 0 Å². The summed E-state index contributed by atoms with van der Waals surface area (Å²) >= 11 is 0. The van der Waals surface area contributed by atoms with E-state index in [1.165, 1.54) is 5.69 Å². The van der Waals surface area contributed by atoms with Crippen LogP contribution in [0.2, 0.25) is 0 Å². The molecule has 1 saturated carbocycles. The van der Waals surface area contributed by atoms with Gasteiger partial charge in [-0.2, -0.15) is 0 Å². The van der Waals surface area contributed by atoms with E-state index in [9.17, 15) is 9.59 Å². The molecule has 3 aliphatic rings. The Hall–Kier alpha value is -2.86. The summed E-state index contributed by atoms with van der Waals surface area (Å²) in [5.74, 6) is -0.0148. The van der Waals surface area contributed by atoms with Gasteiger partial charge in [-0.15, -0.1) is 0 Å². The number of piperazine rings is 1. The molecule has 2 aromatic carbocycles. The van der Waals surface area contributed by atoms with Crippen LogP contribution in [-0.4, -0.2) is 66.5 Å². The number of carbonyl (C=O) groups is 2. The molecule has 3 fully saturated rings. The minimum absolute atomic E-state index is 0.00489. The summed E-state index contributed by atoms with van der Waals surface area (Å²) < 4.78 is 5.90. The van der Waals surface area contributed by atoms with Crippen molar-refractivity contribution in [1.82, 2.24) is 9.80 Å². The van der Waals surface area contributed by atoms with Gasteiger partial charge in [0.05, 0.1) is 6.04 Å². The third-order valence-electron chi connectivity index (χ3n) is 6.30. The number of para-hydroxylation sites is 1. The van der Waals surface area contributed by atoms with Crippen molar-refractivity contribution in [1.29, 1.82) is 0 Å². The van der Waals surface area contributed by atoms with Gasteiger partial charge in [-0.3, -0.25) is 9.59 Å². The molecule has 30 heavy (non-hydrogen) atoms. The summed E-state index contributed by atoms with van der Waals surface area (Å²) in [7, 11) is 0. The summed E-state index contributed by atoms with van der Waals surface area (Å²) in [5.41, 5.74) is 2.16. The maximum atomic E-state index is 13.5. The summed E-state index contributed by atoms with van der Waals surface area (Å²) in [6.45, 7) is 2.90. The van der Waals surface area contributed by atoms with Crippen LogP contribution in [0.4, 0.5) is 5.69 Å². The number of nitrogens with zero attached hydrogens (tertiary/aromatic N) is 3. The molecule has 2 saturated heterocycles. The summed E-state index contributed by atoms with van der Waals surface area (Å²) in [6, 6.07) is 20.0. The third kappa shape index (κ3) is 3.67. The smallest absolute Gasteiger partial charge is 0.254 e. The quantitative estimate of drug-likeness (QED) is 0.784. The summed E-state index contributed by atoms with van der Waals surface area (Å²) in [6.07, 6.45) is 1.37. The van der Waals surface area contributed by atoms with Crippen molar-refractivity contribution >= 4 is 17.5 Å². The molecular weight excluding hydrogens is 378 g/mol. The topological polar surface area (TPSA) is 53.1 Å². The van der Waals surface area contributed by atoms with Crippen LogP contribution in [0.1, 0.15) is 24.4 Å². The second kappa shape index (κ2) is 8.11. The molecule has 0 bridgehead atoms. The van der Waals surface area contributed by atoms with Crippen molar-refractivity contribution in [3.8, 4) is 0 Å². The average molecular weight is 405 g/mol. The van der Waals surface area contributed by atoms with Gasteiger partial charge in [-0.1, -0.05) is 48.5 Å². The molecule has 2 heterocycles. The van der Waals surface area contributed by atoms with Gasteiger partial charge in [0.2, 0.25) is 5.91 Å². The molecule has 1 aliphatic carbocycles. The first-order chi connectivity index (χ1) is 14.7. The lowest BCUT2D eigenvalue weighted by molar-refractivity contribution is -0.170. The number of amides is 2. The molecule has 0 spiro atoms. The monoisotopic (exact) mass is 405 g/mol. The molecule has 6 nitrogen and oxygen atoms in total. The van der Waals surface area contributed by atoms with Crippen LogP contribution >= 0.6 is 0 Å². The summed E-state index contributed by atoms with van der Waals surface area (Å²) in [4.78, 5) is 32.3. The number of carbonyl (C=O) groups excluding carboxylic acids is 2. The third-order valence-corrected chi connectivity index (χ3v) is 6.30. The Balaban J connectivity index is 1.34. The number of hydrogen-bond acceptors (Lipinski definition) is 4. The second-order valence-electron chi connectivity index (χ2n) is 8.27. The van der Waals surface area contributed by atoms with Gasteiger partial charge in [0.1, 0.15) is 6.61 Å².